The first-order chi connectivity index (χ1) is 8.43. The summed E-state index contributed by atoms with van der Waals surface area (Å²) in [7, 11) is 3.52. The first-order valence-electron chi connectivity index (χ1n) is 7.54. The number of methoxy groups -OCH3 is 2. The summed E-state index contributed by atoms with van der Waals surface area (Å²) in [5.74, 6) is -0.434. The van der Waals surface area contributed by atoms with Gasteiger partial charge in [-0.3, -0.25) is 0 Å². The highest BCUT2D eigenvalue weighted by Crippen LogP contribution is 2.38. The molecule has 0 rings (SSSR count). The lowest BCUT2D eigenvalue weighted by molar-refractivity contribution is -0.267. The predicted octanol–water partition coefficient (Wildman–Crippen LogP) is 5.16. The van der Waals surface area contributed by atoms with Gasteiger partial charge in [0.25, 0.3) is 0 Å². The van der Waals surface area contributed by atoms with E-state index in [-0.39, 0.29) is 5.41 Å². The van der Waals surface area contributed by atoms with E-state index in [1.54, 1.807) is 14.2 Å². The molecule has 0 heterocycles. The normalized spacial score (nSPS) is 13.0. The van der Waals surface area contributed by atoms with E-state index in [1.807, 2.05) is 0 Å². The van der Waals surface area contributed by atoms with Gasteiger partial charge in [-0.05, 0) is 6.42 Å². The summed E-state index contributed by atoms with van der Waals surface area (Å²) in [4.78, 5) is 0. The van der Waals surface area contributed by atoms with Crippen LogP contribution >= 0.6 is 0 Å². The minimum atomic E-state index is -0.434. The lowest BCUT2D eigenvalue weighted by atomic mass is 9.82. The van der Waals surface area contributed by atoms with Crippen LogP contribution in [0.3, 0.4) is 0 Å². The van der Waals surface area contributed by atoms with Crippen molar-refractivity contribution < 1.29 is 9.47 Å². The van der Waals surface area contributed by atoms with Crippen LogP contribution in [0, 0.1) is 5.41 Å². The van der Waals surface area contributed by atoms with Gasteiger partial charge < -0.3 is 9.47 Å². The molecule has 0 atom stereocenters. The molecular formula is C16H34O2. The summed E-state index contributed by atoms with van der Waals surface area (Å²) < 4.78 is 11.3. The summed E-state index contributed by atoms with van der Waals surface area (Å²) in [5, 5.41) is 0. The molecule has 0 bridgehead atoms. The fourth-order valence-electron chi connectivity index (χ4n) is 2.59. The molecule has 0 spiro atoms. The van der Waals surface area contributed by atoms with Crippen LogP contribution < -0.4 is 0 Å². The number of hydrogen-bond acceptors (Lipinski definition) is 2. The molecule has 0 fully saturated rings. The zero-order valence-electron chi connectivity index (χ0n) is 13.5. The van der Waals surface area contributed by atoms with Gasteiger partial charge in [-0.25, -0.2) is 0 Å². The standard InChI is InChI=1S/C16H34O2/c1-7-8-9-10-11-12-13-14-16(17-5,18-6)15(2,3)4/h7-14H2,1-6H3. The van der Waals surface area contributed by atoms with Gasteiger partial charge in [0, 0.05) is 26.1 Å². The van der Waals surface area contributed by atoms with Crippen LogP contribution in [0.1, 0.15) is 79.1 Å². The van der Waals surface area contributed by atoms with Crippen LogP contribution in [-0.2, 0) is 9.47 Å². The third kappa shape index (κ3) is 5.71. The Kier molecular flexibility index (Phi) is 8.89. The minimum Gasteiger partial charge on any atom is -0.353 e. The second-order valence-corrected chi connectivity index (χ2v) is 6.28. The number of hydrogen-bond donors (Lipinski definition) is 0. The van der Waals surface area contributed by atoms with Gasteiger partial charge in [0.15, 0.2) is 5.79 Å². The molecule has 0 aromatic carbocycles. The van der Waals surface area contributed by atoms with Crippen molar-refractivity contribution >= 4 is 0 Å². The summed E-state index contributed by atoms with van der Waals surface area (Å²) in [6.45, 7) is 8.80. The van der Waals surface area contributed by atoms with Crippen molar-refractivity contribution in [2.24, 2.45) is 5.41 Å². The highest BCUT2D eigenvalue weighted by molar-refractivity contribution is 4.83. The molecule has 0 saturated heterocycles. The largest absolute Gasteiger partial charge is 0.353 e. The predicted molar refractivity (Wildman–Crippen MR) is 78.8 cm³/mol. The van der Waals surface area contributed by atoms with E-state index < -0.39 is 5.79 Å². The monoisotopic (exact) mass is 258 g/mol. The lowest BCUT2D eigenvalue weighted by Gasteiger charge is -2.42. The minimum absolute atomic E-state index is 0.0126. The molecule has 0 aromatic rings. The maximum absolute atomic E-state index is 5.67. The molecule has 2 heteroatoms. The first-order valence-corrected chi connectivity index (χ1v) is 7.54. The molecule has 0 amide bonds. The number of rotatable bonds is 10. The molecule has 18 heavy (non-hydrogen) atoms. The van der Waals surface area contributed by atoms with Crippen LogP contribution in [0.4, 0.5) is 0 Å². The molecule has 0 aliphatic carbocycles. The van der Waals surface area contributed by atoms with Gasteiger partial charge in [0.05, 0.1) is 0 Å². The quantitative estimate of drug-likeness (QED) is 0.398. The van der Waals surface area contributed by atoms with E-state index >= 15 is 0 Å². The van der Waals surface area contributed by atoms with Crippen LogP contribution in [-0.4, -0.2) is 20.0 Å². The highest BCUT2D eigenvalue weighted by Gasteiger charge is 2.41. The Morgan fingerprint density at radius 2 is 1.17 bits per heavy atom. The van der Waals surface area contributed by atoms with E-state index in [1.165, 1.54) is 44.9 Å². The number of unbranched alkanes of at least 4 members (excludes halogenated alkanes) is 6. The van der Waals surface area contributed by atoms with E-state index in [0.29, 0.717) is 0 Å². The van der Waals surface area contributed by atoms with Gasteiger partial charge in [0.1, 0.15) is 0 Å². The second kappa shape index (κ2) is 8.92. The Bertz CT molecular complexity index is 190. The molecule has 0 saturated carbocycles. The van der Waals surface area contributed by atoms with Crippen molar-refractivity contribution in [3.8, 4) is 0 Å². The van der Waals surface area contributed by atoms with Crippen LogP contribution in [0.5, 0.6) is 0 Å². The summed E-state index contributed by atoms with van der Waals surface area (Å²) in [5.41, 5.74) is 0.0126. The van der Waals surface area contributed by atoms with Crippen molar-refractivity contribution in [3.05, 3.63) is 0 Å². The topological polar surface area (TPSA) is 18.5 Å². The van der Waals surface area contributed by atoms with E-state index in [4.69, 9.17) is 9.47 Å². The molecule has 0 N–H and O–H groups in total. The summed E-state index contributed by atoms with van der Waals surface area (Å²) in [6, 6.07) is 0. The van der Waals surface area contributed by atoms with Crippen LogP contribution in [0.15, 0.2) is 0 Å². The Hall–Kier alpha value is -0.0800. The second-order valence-electron chi connectivity index (χ2n) is 6.28. The molecule has 0 radical (unpaired) electrons. The molecule has 0 aliphatic rings. The summed E-state index contributed by atoms with van der Waals surface area (Å²) in [6.07, 6.45) is 10.2. The number of ether oxygens (including phenoxy) is 2. The van der Waals surface area contributed by atoms with Crippen molar-refractivity contribution in [2.45, 2.75) is 84.8 Å². The zero-order chi connectivity index (χ0) is 14.1. The van der Waals surface area contributed by atoms with Crippen molar-refractivity contribution in [3.63, 3.8) is 0 Å². The Morgan fingerprint density at radius 1 is 0.722 bits per heavy atom. The first kappa shape index (κ1) is 17.9. The van der Waals surface area contributed by atoms with Crippen molar-refractivity contribution in [2.75, 3.05) is 14.2 Å². The van der Waals surface area contributed by atoms with Crippen LogP contribution in [0.2, 0.25) is 0 Å². The lowest BCUT2D eigenvalue weighted by Crippen LogP contribution is -2.46. The smallest absolute Gasteiger partial charge is 0.172 e. The molecule has 2 nitrogen and oxygen atoms in total. The van der Waals surface area contributed by atoms with Gasteiger partial charge in [-0.1, -0.05) is 66.2 Å². The van der Waals surface area contributed by atoms with Crippen molar-refractivity contribution in [1.29, 1.82) is 0 Å². The zero-order valence-corrected chi connectivity index (χ0v) is 13.5. The molecule has 0 aromatic heterocycles. The molecule has 0 unspecified atom stereocenters. The molecular weight excluding hydrogens is 224 g/mol. The van der Waals surface area contributed by atoms with Gasteiger partial charge in [-0.2, -0.15) is 0 Å². The average molecular weight is 258 g/mol. The van der Waals surface area contributed by atoms with Gasteiger partial charge in [0.2, 0.25) is 0 Å². The average Bonchev–Trinajstić information content (AvgIpc) is 2.32. The summed E-state index contributed by atoms with van der Waals surface area (Å²) >= 11 is 0. The van der Waals surface area contributed by atoms with E-state index in [9.17, 15) is 0 Å². The van der Waals surface area contributed by atoms with Crippen molar-refractivity contribution in [1.82, 2.24) is 0 Å². The Morgan fingerprint density at radius 3 is 1.56 bits per heavy atom. The van der Waals surface area contributed by atoms with E-state index in [0.717, 1.165) is 6.42 Å². The third-order valence-corrected chi connectivity index (χ3v) is 3.91. The van der Waals surface area contributed by atoms with Crippen LogP contribution in [0.25, 0.3) is 0 Å². The highest BCUT2D eigenvalue weighted by atomic mass is 16.7. The molecule has 110 valence electrons. The maximum Gasteiger partial charge on any atom is 0.172 e. The Balaban J connectivity index is 3.92. The maximum atomic E-state index is 5.67. The Labute approximate surface area is 114 Å². The third-order valence-electron chi connectivity index (χ3n) is 3.91. The van der Waals surface area contributed by atoms with Gasteiger partial charge in [-0.15, -0.1) is 0 Å². The van der Waals surface area contributed by atoms with E-state index in [2.05, 4.69) is 27.7 Å². The molecule has 0 aliphatic heterocycles. The SMILES string of the molecule is CCCCCCCCCC(OC)(OC)C(C)(C)C. The fraction of sp³-hybridized carbons (Fsp3) is 1.00. The fourth-order valence-corrected chi connectivity index (χ4v) is 2.59. The van der Waals surface area contributed by atoms with Gasteiger partial charge >= 0.3 is 0 Å².